The molecule has 0 bridgehead atoms. The summed E-state index contributed by atoms with van der Waals surface area (Å²) in [4.78, 5) is 37.7. The highest BCUT2D eigenvalue weighted by Crippen LogP contribution is 2.31. The standard InChI is InChI=1S/C26H21N9O/c1-2-3-21(36)31-18-10-16(12-28-14-18)17-11-19-23(34-35-25(19)30-13-17)26-32-20-6-9-29-22(24(20)33-26)15-4-7-27-8-5-15/h4-14H,2-3H2,1H3,(H,31,36)(H,32,33)(H,30,34,35). The van der Waals surface area contributed by atoms with Gasteiger partial charge in [0.05, 0.1) is 28.5 Å². The van der Waals surface area contributed by atoms with Gasteiger partial charge in [-0.1, -0.05) is 6.92 Å². The molecule has 6 heterocycles. The fraction of sp³-hybridized carbons (Fsp3) is 0.115. The Morgan fingerprint density at radius 3 is 2.67 bits per heavy atom. The number of hydrogen-bond donors (Lipinski definition) is 3. The molecule has 0 saturated carbocycles. The number of amides is 1. The molecule has 0 radical (unpaired) electrons. The van der Waals surface area contributed by atoms with E-state index in [0.29, 0.717) is 23.6 Å². The summed E-state index contributed by atoms with van der Waals surface area (Å²) in [6.45, 7) is 1.97. The van der Waals surface area contributed by atoms with Crippen LogP contribution in [-0.2, 0) is 4.79 Å². The van der Waals surface area contributed by atoms with Crippen molar-refractivity contribution in [3.63, 3.8) is 0 Å². The number of H-pyrrole nitrogens is 2. The van der Waals surface area contributed by atoms with E-state index in [1.807, 2.05) is 37.3 Å². The molecule has 0 unspecified atom stereocenters. The molecule has 0 spiro atoms. The van der Waals surface area contributed by atoms with Crippen LogP contribution in [0, 0.1) is 0 Å². The Bertz CT molecular complexity index is 1710. The summed E-state index contributed by atoms with van der Waals surface area (Å²) >= 11 is 0. The number of aromatic nitrogens is 8. The Balaban J connectivity index is 1.40. The molecule has 10 nitrogen and oxygen atoms in total. The van der Waals surface area contributed by atoms with Crippen LogP contribution in [0.4, 0.5) is 5.69 Å². The van der Waals surface area contributed by atoms with Crippen LogP contribution in [0.1, 0.15) is 19.8 Å². The molecule has 176 valence electrons. The number of nitrogens with one attached hydrogen (secondary N) is 3. The minimum Gasteiger partial charge on any atom is -0.337 e. The predicted octanol–water partition coefficient (Wildman–Crippen LogP) is 4.76. The minimum atomic E-state index is -0.0346. The van der Waals surface area contributed by atoms with E-state index in [1.165, 1.54) is 0 Å². The van der Waals surface area contributed by atoms with E-state index < -0.39 is 0 Å². The maximum atomic E-state index is 12.0. The predicted molar refractivity (Wildman–Crippen MR) is 137 cm³/mol. The van der Waals surface area contributed by atoms with Gasteiger partial charge >= 0.3 is 0 Å². The summed E-state index contributed by atoms with van der Waals surface area (Å²) in [6, 6.07) is 9.58. The van der Waals surface area contributed by atoms with Gasteiger partial charge in [-0.2, -0.15) is 5.10 Å². The first-order valence-electron chi connectivity index (χ1n) is 11.5. The SMILES string of the molecule is CCCC(=O)Nc1cncc(-c2cnc3n[nH]c(-c4nc5c(-c6ccncc6)nccc5[nH]4)c3c2)c1. The number of hydrogen-bond acceptors (Lipinski definition) is 7. The summed E-state index contributed by atoms with van der Waals surface area (Å²) in [5.41, 5.74) is 6.94. The van der Waals surface area contributed by atoms with Gasteiger partial charge < -0.3 is 10.3 Å². The van der Waals surface area contributed by atoms with E-state index in [0.717, 1.165) is 50.9 Å². The third-order valence-electron chi connectivity index (χ3n) is 5.83. The Hall–Kier alpha value is -4.99. The molecule has 0 atom stereocenters. The molecular formula is C26H21N9O. The Kier molecular flexibility index (Phi) is 5.38. The lowest BCUT2D eigenvalue weighted by molar-refractivity contribution is -0.116. The van der Waals surface area contributed by atoms with Crippen LogP contribution in [0.25, 0.3) is 56.0 Å². The lowest BCUT2D eigenvalue weighted by Crippen LogP contribution is -2.10. The highest BCUT2D eigenvalue weighted by atomic mass is 16.1. The second-order valence-electron chi connectivity index (χ2n) is 8.33. The van der Waals surface area contributed by atoms with Crippen LogP contribution in [0.5, 0.6) is 0 Å². The summed E-state index contributed by atoms with van der Waals surface area (Å²) in [5, 5.41) is 11.1. The van der Waals surface area contributed by atoms with Crippen molar-refractivity contribution in [1.82, 2.24) is 40.1 Å². The zero-order chi connectivity index (χ0) is 24.5. The van der Waals surface area contributed by atoms with Crippen LogP contribution in [0.2, 0.25) is 0 Å². The van der Waals surface area contributed by atoms with Crippen molar-refractivity contribution in [3.05, 3.63) is 67.5 Å². The van der Waals surface area contributed by atoms with Gasteiger partial charge in [0.2, 0.25) is 5.91 Å². The molecule has 0 saturated heterocycles. The van der Waals surface area contributed by atoms with E-state index in [4.69, 9.17) is 4.98 Å². The van der Waals surface area contributed by atoms with Crippen molar-refractivity contribution >= 4 is 33.7 Å². The highest BCUT2D eigenvalue weighted by molar-refractivity contribution is 5.96. The van der Waals surface area contributed by atoms with Crippen molar-refractivity contribution in [2.24, 2.45) is 0 Å². The van der Waals surface area contributed by atoms with Crippen LogP contribution in [-0.4, -0.2) is 46.0 Å². The lowest BCUT2D eigenvalue weighted by atomic mass is 10.1. The second-order valence-corrected chi connectivity index (χ2v) is 8.33. The molecule has 0 fully saturated rings. The zero-order valence-corrected chi connectivity index (χ0v) is 19.4. The van der Waals surface area contributed by atoms with Crippen molar-refractivity contribution < 1.29 is 4.79 Å². The fourth-order valence-corrected chi connectivity index (χ4v) is 4.13. The minimum absolute atomic E-state index is 0.0346. The number of imidazole rings is 1. The quantitative estimate of drug-likeness (QED) is 0.316. The normalized spacial score (nSPS) is 11.2. The second kappa shape index (κ2) is 8.99. The number of carbonyl (C=O) groups excluding carboxylic acids is 1. The van der Waals surface area contributed by atoms with Gasteiger partial charge in [-0.25, -0.2) is 9.97 Å². The Morgan fingerprint density at radius 2 is 1.81 bits per heavy atom. The van der Waals surface area contributed by atoms with Gasteiger partial charge in [-0.3, -0.25) is 24.8 Å². The van der Waals surface area contributed by atoms with Crippen molar-refractivity contribution in [2.75, 3.05) is 5.32 Å². The monoisotopic (exact) mass is 475 g/mol. The number of aromatic amines is 2. The molecule has 3 N–H and O–H groups in total. The third kappa shape index (κ3) is 3.94. The van der Waals surface area contributed by atoms with E-state index in [1.54, 1.807) is 37.2 Å². The van der Waals surface area contributed by atoms with E-state index in [9.17, 15) is 4.79 Å². The fourth-order valence-electron chi connectivity index (χ4n) is 4.13. The summed E-state index contributed by atoms with van der Waals surface area (Å²) in [6.07, 6.45) is 11.6. The number of nitrogens with zero attached hydrogens (tertiary/aromatic N) is 6. The molecule has 0 aliphatic rings. The number of pyridine rings is 4. The van der Waals surface area contributed by atoms with Gasteiger partial charge in [0.1, 0.15) is 11.2 Å². The molecule has 6 aromatic rings. The molecule has 1 amide bonds. The zero-order valence-electron chi connectivity index (χ0n) is 19.4. The van der Waals surface area contributed by atoms with Crippen LogP contribution in [0.15, 0.2) is 67.5 Å². The van der Waals surface area contributed by atoms with Gasteiger partial charge in [-0.15, -0.1) is 0 Å². The Labute approximate surface area is 205 Å². The molecule has 6 rings (SSSR count). The molecule has 10 heteroatoms. The lowest BCUT2D eigenvalue weighted by Gasteiger charge is -2.07. The first-order chi connectivity index (χ1) is 17.7. The molecule has 0 aliphatic heterocycles. The topological polar surface area (TPSA) is 138 Å². The molecule has 6 aromatic heterocycles. The molecule has 0 aliphatic carbocycles. The van der Waals surface area contributed by atoms with E-state index in [2.05, 4.69) is 40.4 Å². The van der Waals surface area contributed by atoms with Gasteiger partial charge in [0.15, 0.2) is 11.5 Å². The maximum Gasteiger partial charge on any atom is 0.224 e. The number of carbonyl (C=O) groups is 1. The van der Waals surface area contributed by atoms with Crippen molar-refractivity contribution in [1.29, 1.82) is 0 Å². The van der Waals surface area contributed by atoms with Crippen molar-refractivity contribution in [3.8, 4) is 33.9 Å². The summed E-state index contributed by atoms with van der Waals surface area (Å²) in [7, 11) is 0. The van der Waals surface area contributed by atoms with Gasteiger partial charge in [0, 0.05) is 54.1 Å². The maximum absolute atomic E-state index is 12.0. The summed E-state index contributed by atoms with van der Waals surface area (Å²) in [5.74, 6) is 0.598. The number of fused-ring (bicyclic) bond motifs is 2. The smallest absolute Gasteiger partial charge is 0.224 e. The third-order valence-corrected chi connectivity index (χ3v) is 5.83. The van der Waals surface area contributed by atoms with Crippen LogP contribution >= 0.6 is 0 Å². The first-order valence-corrected chi connectivity index (χ1v) is 11.5. The van der Waals surface area contributed by atoms with E-state index >= 15 is 0 Å². The number of anilines is 1. The highest BCUT2D eigenvalue weighted by Gasteiger charge is 2.17. The van der Waals surface area contributed by atoms with Crippen LogP contribution in [0.3, 0.4) is 0 Å². The largest absolute Gasteiger partial charge is 0.337 e. The van der Waals surface area contributed by atoms with Gasteiger partial charge in [-0.05, 0) is 36.8 Å². The molecule has 36 heavy (non-hydrogen) atoms. The average molecular weight is 476 g/mol. The van der Waals surface area contributed by atoms with Crippen molar-refractivity contribution in [2.45, 2.75) is 19.8 Å². The van der Waals surface area contributed by atoms with E-state index in [-0.39, 0.29) is 5.91 Å². The first kappa shape index (κ1) is 21.5. The number of rotatable bonds is 6. The average Bonchev–Trinajstić information content (AvgIpc) is 3.53. The van der Waals surface area contributed by atoms with Gasteiger partial charge in [0.25, 0.3) is 0 Å². The van der Waals surface area contributed by atoms with Crippen LogP contribution < -0.4 is 5.32 Å². The Morgan fingerprint density at radius 1 is 0.944 bits per heavy atom. The molecule has 0 aromatic carbocycles. The summed E-state index contributed by atoms with van der Waals surface area (Å²) < 4.78 is 0. The molecular weight excluding hydrogens is 454 g/mol.